The number of H-pyrrole nitrogens is 1. The van der Waals surface area contributed by atoms with Crippen molar-refractivity contribution in [2.75, 3.05) is 5.32 Å². The molecular weight excluding hydrogens is 329 g/mol. The van der Waals surface area contributed by atoms with Gasteiger partial charge in [-0.05, 0) is 0 Å². The number of nitrogens with zero attached hydrogens (tertiary/aromatic N) is 3. The van der Waals surface area contributed by atoms with Gasteiger partial charge in [-0.15, -0.1) is 0 Å². The van der Waals surface area contributed by atoms with Crippen LogP contribution in [-0.2, 0) is 0 Å². The number of aromatic carboxylic acids is 1. The Balaban J connectivity index is 1.95. The topological polar surface area (TPSA) is 121 Å². The number of benzene rings is 1. The number of rotatable bonds is 3. The Hall–Kier alpha value is -2.51. The van der Waals surface area contributed by atoms with Crippen LogP contribution in [0.5, 0.6) is 0 Å². The Labute approximate surface area is 118 Å². The number of carboxylic acid groups (broad SMARTS) is 1. The molecule has 20 heavy (non-hydrogen) atoms. The molecule has 100 valence electrons. The number of carbonyl (C=O) groups is 2. The fourth-order valence-electron chi connectivity index (χ4n) is 1.72. The first-order valence-corrected chi connectivity index (χ1v) is 6.99. The zero-order valence-corrected chi connectivity index (χ0v) is 11.5. The number of aromatic nitrogens is 4. The summed E-state index contributed by atoms with van der Waals surface area (Å²) in [5.74, 6) is -1.85. The molecule has 0 fully saturated rings. The van der Waals surface area contributed by atoms with E-state index < -0.39 is 11.9 Å². The molecular formula is C11H7N5O3Se. The van der Waals surface area contributed by atoms with Crippen molar-refractivity contribution in [3.63, 3.8) is 0 Å². The fraction of sp³-hybridized carbons (Fsp3) is 0. The van der Waals surface area contributed by atoms with Crippen molar-refractivity contribution in [2.24, 2.45) is 0 Å². The third-order valence-electron chi connectivity index (χ3n) is 2.60. The van der Waals surface area contributed by atoms with Crippen LogP contribution < -0.4 is 5.32 Å². The normalized spacial score (nSPS) is 10.6. The summed E-state index contributed by atoms with van der Waals surface area (Å²) >= 11 is -0.207. The van der Waals surface area contributed by atoms with E-state index in [2.05, 4.69) is 23.2 Å². The summed E-state index contributed by atoms with van der Waals surface area (Å²) < 4.78 is 8.43. The molecule has 9 heteroatoms. The third kappa shape index (κ3) is 2.09. The van der Waals surface area contributed by atoms with Gasteiger partial charge in [-0.25, -0.2) is 0 Å². The molecule has 0 aliphatic rings. The molecule has 2 heterocycles. The van der Waals surface area contributed by atoms with E-state index in [1.54, 1.807) is 18.2 Å². The Morgan fingerprint density at radius 2 is 2.15 bits per heavy atom. The van der Waals surface area contributed by atoms with Crippen LogP contribution in [0.1, 0.15) is 21.0 Å². The molecule has 3 N–H and O–H groups in total. The molecule has 0 aliphatic carbocycles. The molecule has 2 aromatic heterocycles. The van der Waals surface area contributed by atoms with Crippen LogP contribution in [0.15, 0.2) is 24.5 Å². The molecule has 0 unspecified atom stereocenters. The molecule has 3 aromatic rings. The number of carbonyl (C=O) groups excluding carboxylic acids is 1. The summed E-state index contributed by atoms with van der Waals surface area (Å²) in [5, 5.41) is 11.6. The predicted molar refractivity (Wildman–Crippen MR) is 70.0 cm³/mol. The van der Waals surface area contributed by atoms with E-state index in [0.29, 0.717) is 11.2 Å². The van der Waals surface area contributed by atoms with Crippen LogP contribution >= 0.6 is 0 Å². The number of hydrogen-bond donors (Lipinski definition) is 3. The van der Waals surface area contributed by atoms with Crippen LogP contribution in [0.25, 0.3) is 11.0 Å². The number of amides is 1. The number of nitrogens with one attached hydrogen (secondary N) is 2. The van der Waals surface area contributed by atoms with Crippen molar-refractivity contribution >= 4 is 43.6 Å². The van der Waals surface area contributed by atoms with Gasteiger partial charge in [-0.2, -0.15) is 0 Å². The number of anilines is 1. The summed E-state index contributed by atoms with van der Waals surface area (Å²) in [6.07, 6.45) is 1.16. The van der Waals surface area contributed by atoms with Crippen molar-refractivity contribution in [3.8, 4) is 0 Å². The Morgan fingerprint density at radius 1 is 1.30 bits per heavy atom. The number of aromatic amines is 1. The summed E-state index contributed by atoms with van der Waals surface area (Å²) in [5.41, 5.74) is 1.42. The first kappa shape index (κ1) is 12.5. The van der Waals surface area contributed by atoms with E-state index in [1.165, 1.54) is 0 Å². The zero-order valence-electron chi connectivity index (χ0n) is 9.82. The average Bonchev–Trinajstić information content (AvgIpc) is 3.08. The minimum atomic E-state index is -1.24. The number of imidazole rings is 1. The SMILES string of the molecule is O=C(Nc1cccc2n[se]nc12)c1nc[nH]c1C(=O)O. The molecule has 8 nitrogen and oxygen atoms in total. The third-order valence-corrected chi connectivity index (χ3v) is 3.74. The minimum absolute atomic E-state index is 0.171. The van der Waals surface area contributed by atoms with Crippen LogP contribution in [0, 0.1) is 0 Å². The predicted octanol–water partition coefficient (Wildman–Crippen LogP) is 0.360. The second-order valence-electron chi connectivity index (χ2n) is 3.82. The molecule has 0 spiro atoms. The maximum absolute atomic E-state index is 12.1. The number of fused-ring (bicyclic) bond motifs is 1. The van der Waals surface area contributed by atoms with Gasteiger partial charge >= 0.3 is 117 Å². The summed E-state index contributed by atoms with van der Waals surface area (Å²) in [6.45, 7) is 0. The first-order chi connectivity index (χ1) is 9.66. The number of carboxylic acids is 1. The molecule has 0 aliphatic heterocycles. The molecule has 0 bridgehead atoms. The van der Waals surface area contributed by atoms with Crippen LogP contribution in [0.3, 0.4) is 0 Å². The maximum atomic E-state index is 12.1. The standard InChI is InChI=1S/C11H7N5O3Se/c17-10(8-9(11(18)19)13-4-12-8)14-5-2-1-3-6-7(5)16-20-15-6/h1-4H,(H,12,13)(H,14,17)(H,18,19). The van der Waals surface area contributed by atoms with E-state index in [9.17, 15) is 9.59 Å². The van der Waals surface area contributed by atoms with Crippen LogP contribution in [-0.4, -0.2) is 49.9 Å². The quantitative estimate of drug-likeness (QED) is 0.594. The van der Waals surface area contributed by atoms with Gasteiger partial charge in [0.25, 0.3) is 0 Å². The van der Waals surface area contributed by atoms with Gasteiger partial charge in [-0.3, -0.25) is 0 Å². The molecule has 3 rings (SSSR count). The summed E-state index contributed by atoms with van der Waals surface area (Å²) in [6, 6.07) is 5.24. The van der Waals surface area contributed by atoms with Crippen molar-refractivity contribution in [2.45, 2.75) is 0 Å². The zero-order chi connectivity index (χ0) is 14.1. The van der Waals surface area contributed by atoms with E-state index >= 15 is 0 Å². The molecule has 0 atom stereocenters. The van der Waals surface area contributed by atoms with Crippen molar-refractivity contribution in [1.29, 1.82) is 0 Å². The molecule has 1 aromatic carbocycles. The second kappa shape index (κ2) is 4.87. The fourth-order valence-corrected chi connectivity index (χ4v) is 2.87. The molecule has 0 saturated heterocycles. The van der Waals surface area contributed by atoms with Crippen LogP contribution in [0.4, 0.5) is 5.69 Å². The Bertz CT molecular complexity index is 809. The van der Waals surface area contributed by atoms with Gasteiger partial charge in [0, 0.05) is 0 Å². The second-order valence-corrected chi connectivity index (χ2v) is 4.93. The molecule has 1 amide bonds. The van der Waals surface area contributed by atoms with E-state index in [-0.39, 0.29) is 26.3 Å². The van der Waals surface area contributed by atoms with E-state index in [4.69, 9.17) is 5.11 Å². The Morgan fingerprint density at radius 3 is 2.95 bits per heavy atom. The van der Waals surface area contributed by atoms with Crippen molar-refractivity contribution < 1.29 is 14.7 Å². The summed E-state index contributed by atoms with van der Waals surface area (Å²) in [4.78, 5) is 29.2. The van der Waals surface area contributed by atoms with Gasteiger partial charge in [-0.1, -0.05) is 0 Å². The van der Waals surface area contributed by atoms with E-state index in [0.717, 1.165) is 11.8 Å². The molecule has 0 radical (unpaired) electrons. The van der Waals surface area contributed by atoms with Gasteiger partial charge in [0.15, 0.2) is 0 Å². The van der Waals surface area contributed by atoms with Crippen molar-refractivity contribution in [1.82, 2.24) is 17.9 Å². The average molecular weight is 336 g/mol. The van der Waals surface area contributed by atoms with Gasteiger partial charge in [0.05, 0.1) is 0 Å². The number of hydrogen-bond acceptors (Lipinski definition) is 5. The van der Waals surface area contributed by atoms with Crippen molar-refractivity contribution in [3.05, 3.63) is 35.9 Å². The Kier molecular flexibility index (Phi) is 3.05. The first-order valence-electron chi connectivity index (χ1n) is 5.46. The van der Waals surface area contributed by atoms with Crippen LogP contribution in [0.2, 0.25) is 0 Å². The monoisotopic (exact) mass is 337 g/mol. The summed E-state index contributed by atoms with van der Waals surface area (Å²) in [7, 11) is 0. The molecule has 0 saturated carbocycles. The van der Waals surface area contributed by atoms with Gasteiger partial charge in [0.2, 0.25) is 0 Å². The van der Waals surface area contributed by atoms with E-state index in [1.807, 2.05) is 0 Å². The van der Waals surface area contributed by atoms with Gasteiger partial charge in [0.1, 0.15) is 0 Å². The van der Waals surface area contributed by atoms with Gasteiger partial charge < -0.3 is 0 Å².